The molecule has 2 aromatic heterocycles. The Morgan fingerprint density at radius 3 is 2.87 bits per heavy atom. The number of ether oxygens (including phenoxy) is 1. The molecule has 3 atom stereocenters. The molecule has 0 radical (unpaired) electrons. The fourth-order valence-corrected chi connectivity index (χ4v) is 4.47. The molecule has 2 aromatic rings. The summed E-state index contributed by atoms with van der Waals surface area (Å²) in [5.41, 5.74) is 7.13. The number of imidazole rings is 1. The van der Waals surface area contributed by atoms with Crippen molar-refractivity contribution in [3.8, 4) is 0 Å². The lowest BCUT2D eigenvalue weighted by atomic mass is 10.2. The molecule has 0 aromatic carbocycles. The summed E-state index contributed by atoms with van der Waals surface area (Å²) in [4.78, 5) is 24.0. The van der Waals surface area contributed by atoms with Gasteiger partial charge >= 0.3 is 5.97 Å². The molecule has 0 bridgehead atoms. The summed E-state index contributed by atoms with van der Waals surface area (Å²) in [6, 6.07) is -0.372. The van der Waals surface area contributed by atoms with Crippen LogP contribution in [0.15, 0.2) is 6.33 Å². The van der Waals surface area contributed by atoms with Gasteiger partial charge in [0, 0.05) is 12.6 Å². The number of nitrogen functional groups attached to an aromatic ring is 1. The first-order valence-electron chi connectivity index (χ1n) is 10.1. The molecule has 1 aliphatic carbocycles. The molecule has 2 unspecified atom stereocenters. The van der Waals surface area contributed by atoms with Crippen LogP contribution in [0.4, 0.5) is 11.8 Å². The average molecular weight is 439 g/mol. The van der Waals surface area contributed by atoms with Gasteiger partial charge in [-0.25, -0.2) is 4.98 Å². The van der Waals surface area contributed by atoms with Crippen molar-refractivity contribution in [1.82, 2.24) is 24.8 Å². The number of nitrogens with zero attached hydrogens (tertiary/aromatic N) is 4. The lowest BCUT2D eigenvalue weighted by Crippen LogP contribution is -2.47. The van der Waals surface area contributed by atoms with E-state index < -0.39 is 25.1 Å². The van der Waals surface area contributed by atoms with Crippen LogP contribution in [-0.2, 0) is 20.6 Å². The second-order valence-electron chi connectivity index (χ2n) is 7.82. The zero-order chi connectivity index (χ0) is 21.9. The number of anilines is 2. The molecule has 1 saturated carbocycles. The van der Waals surface area contributed by atoms with Crippen molar-refractivity contribution in [3.05, 3.63) is 6.33 Å². The zero-order valence-electron chi connectivity index (χ0n) is 17.5. The van der Waals surface area contributed by atoms with E-state index in [1.165, 1.54) is 6.92 Å². The van der Waals surface area contributed by atoms with Gasteiger partial charge in [-0.3, -0.25) is 10.1 Å². The van der Waals surface area contributed by atoms with Crippen LogP contribution in [0.5, 0.6) is 0 Å². The Kier molecular flexibility index (Phi) is 6.95. The molecule has 30 heavy (non-hydrogen) atoms. The highest BCUT2D eigenvalue weighted by molar-refractivity contribution is 7.46. The smallest absolute Gasteiger partial charge is 0.320 e. The number of carboxylic acids is 1. The van der Waals surface area contributed by atoms with Crippen molar-refractivity contribution in [2.75, 3.05) is 24.0 Å². The molecule has 3 rings (SSSR count). The summed E-state index contributed by atoms with van der Waals surface area (Å²) in [6.45, 7) is 5.96. The van der Waals surface area contributed by atoms with Crippen molar-refractivity contribution in [3.63, 3.8) is 0 Å². The average Bonchev–Trinajstić information content (AvgIpc) is 3.42. The Morgan fingerprint density at radius 2 is 2.23 bits per heavy atom. The summed E-state index contributed by atoms with van der Waals surface area (Å²) in [6.07, 6.45) is 4.47. The van der Waals surface area contributed by atoms with Gasteiger partial charge in [-0.2, -0.15) is 9.97 Å². The van der Waals surface area contributed by atoms with E-state index in [1.807, 2.05) is 11.5 Å². The molecule has 1 fully saturated rings. The van der Waals surface area contributed by atoms with E-state index in [9.17, 15) is 9.36 Å². The van der Waals surface area contributed by atoms with Gasteiger partial charge in [-0.05, 0) is 33.1 Å². The van der Waals surface area contributed by atoms with Gasteiger partial charge in [0.25, 0.3) is 0 Å². The van der Waals surface area contributed by atoms with Crippen molar-refractivity contribution in [2.24, 2.45) is 0 Å². The van der Waals surface area contributed by atoms with Crippen molar-refractivity contribution in [1.29, 1.82) is 0 Å². The fourth-order valence-electron chi connectivity index (χ4n) is 3.05. The number of fused-ring (bicyclic) bond motifs is 1. The minimum Gasteiger partial charge on any atom is -0.480 e. The van der Waals surface area contributed by atoms with Crippen LogP contribution in [0.2, 0.25) is 0 Å². The predicted molar refractivity (Wildman–Crippen MR) is 115 cm³/mol. The number of carboxylic acid groups (broad SMARTS) is 1. The van der Waals surface area contributed by atoms with E-state index in [-0.39, 0.29) is 12.3 Å². The van der Waals surface area contributed by atoms with Gasteiger partial charge in [0.1, 0.15) is 13.8 Å². The van der Waals surface area contributed by atoms with Crippen molar-refractivity contribution in [2.45, 2.75) is 63.9 Å². The molecule has 166 valence electrons. The summed E-state index contributed by atoms with van der Waals surface area (Å²) in [5, 5.41) is 14.6. The maximum absolute atomic E-state index is 12.8. The first-order valence-corrected chi connectivity index (χ1v) is 11.7. The highest BCUT2D eigenvalue weighted by Gasteiger charge is 2.32. The first-order chi connectivity index (χ1) is 14.2. The summed E-state index contributed by atoms with van der Waals surface area (Å²) >= 11 is 0. The highest BCUT2D eigenvalue weighted by atomic mass is 31.1. The number of hydrogen-bond donors (Lipinski definition) is 4. The number of nitrogens with two attached hydrogens (primary N) is 1. The van der Waals surface area contributed by atoms with Crippen LogP contribution in [0.25, 0.3) is 11.2 Å². The van der Waals surface area contributed by atoms with Gasteiger partial charge in [-0.1, -0.05) is 6.92 Å². The highest BCUT2D eigenvalue weighted by Crippen LogP contribution is 2.39. The largest absolute Gasteiger partial charge is 0.480 e. The van der Waals surface area contributed by atoms with Gasteiger partial charge in [0.05, 0.1) is 24.6 Å². The molecular weight excluding hydrogens is 409 g/mol. The third-order valence-corrected chi connectivity index (χ3v) is 7.53. The topological polar surface area (TPSA) is 157 Å². The van der Waals surface area contributed by atoms with E-state index in [2.05, 4.69) is 25.6 Å². The second-order valence-corrected chi connectivity index (χ2v) is 10.1. The monoisotopic (exact) mass is 439 g/mol. The lowest BCUT2D eigenvalue weighted by Gasteiger charge is -2.31. The predicted octanol–water partition coefficient (Wildman–Crippen LogP) is 1.71. The Bertz CT molecular complexity index is 933. The van der Waals surface area contributed by atoms with Crippen LogP contribution >= 0.6 is 7.80 Å². The van der Waals surface area contributed by atoms with E-state index in [4.69, 9.17) is 15.6 Å². The number of nitrogens with one attached hydrogen (secondary N) is 2. The first kappa shape index (κ1) is 22.5. The molecule has 12 heteroatoms. The Hall–Kier alpha value is -2.23. The maximum atomic E-state index is 12.8. The summed E-state index contributed by atoms with van der Waals surface area (Å²) in [5.74, 6) is -0.160. The Morgan fingerprint density at radius 1 is 1.50 bits per heavy atom. The minimum atomic E-state index is -2.23. The molecule has 0 amide bonds. The molecular formula is C18H30N7O4P. The van der Waals surface area contributed by atoms with Crippen LogP contribution in [0.3, 0.4) is 0 Å². The SMILES string of the molecule is CCC(C)(N[C@@H](C)C(=O)O)[PH](=O)COCCn1cnc2c(NC3CC3)nc(N)nc21. The number of aromatic nitrogens is 4. The number of hydrogen-bond acceptors (Lipinski definition) is 9. The van der Waals surface area contributed by atoms with Gasteiger partial charge < -0.3 is 30.0 Å². The normalized spacial score (nSPS) is 18.1. The lowest BCUT2D eigenvalue weighted by molar-refractivity contribution is -0.139. The van der Waals surface area contributed by atoms with Gasteiger partial charge in [0.2, 0.25) is 5.95 Å². The zero-order valence-corrected chi connectivity index (χ0v) is 18.5. The summed E-state index contributed by atoms with van der Waals surface area (Å²) in [7, 11) is -2.23. The van der Waals surface area contributed by atoms with Crippen LogP contribution in [-0.4, -0.2) is 60.9 Å². The number of aliphatic carboxylic acids is 1. The third-order valence-electron chi connectivity index (χ3n) is 5.34. The molecule has 11 nitrogen and oxygen atoms in total. The quantitative estimate of drug-likeness (QED) is 0.283. The Balaban J connectivity index is 1.57. The van der Waals surface area contributed by atoms with Gasteiger partial charge in [0.15, 0.2) is 17.0 Å². The van der Waals surface area contributed by atoms with Crippen LogP contribution in [0.1, 0.15) is 40.0 Å². The number of carbonyl (C=O) groups is 1. The third kappa shape index (κ3) is 5.27. The second kappa shape index (κ2) is 9.28. The molecule has 5 N–H and O–H groups in total. The van der Waals surface area contributed by atoms with Crippen LogP contribution < -0.4 is 16.4 Å². The maximum Gasteiger partial charge on any atom is 0.320 e. The van der Waals surface area contributed by atoms with E-state index in [1.54, 1.807) is 13.3 Å². The van der Waals surface area contributed by atoms with E-state index in [0.29, 0.717) is 42.6 Å². The van der Waals surface area contributed by atoms with E-state index >= 15 is 0 Å². The molecule has 0 spiro atoms. The molecule has 2 heterocycles. The minimum absolute atomic E-state index is 0.0621. The standard InChI is InChI=1S/C18H30N7O4P/c1-4-18(3,24-11(2)16(26)27)30(28)10-29-8-7-25-9-20-13-14(21-12-5-6-12)22-17(19)23-15(13)25/h9,11-12,24,30H,4-8,10H2,1-3H3,(H,26,27)(H3,19,21,22,23)/t11-,18?/m0/s1. The molecule has 1 aliphatic rings. The Labute approximate surface area is 175 Å². The molecule has 0 aliphatic heterocycles. The van der Waals surface area contributed by atoms with Gasteiger partial charge in [-0.15, -0.1) is 0 Å². The summed E-state index contributed by atoms with van der Waals surface area (Å²) < 4.78 is 20.2. The molecule has 0 saturated heterocycles. The van der Waals surface area contributed by atoms with E-state index in [0.717, 1.165) is 12.8 Å². The fraction of sp³-hybridized carbons (Fsp3) is 0.667. The van der Waals surface area contributed by atoms with Crippen molar-refractivity contribution < 1.29 is 19.2 Å². The number of rotatable bonds is 12. The van der Waals surface area contributed by atoms with Crippen LogP contribution in [0, 0.1) is 0 Å². The van der Waals surface area contributed by atoms with Crippen molar-refractivity contribution >= 4 is 36.7 Å².